The summed E-state index contributed by atoms with van der Waals surface area (Å²) in [6, 6.07) is 0. The molecule has 0 saturated heterocycles. The smallest absolute Gasteiger partial charge is 0.349 e. The molecule has 0 aliphatic heterocycles. The van der Waals surface area contributed by atoms with Crippen molar-refractivity contribution in [3.63, 3.8) is 0 Å². The van der Waals surface area contributed by atoms with Crippen molar-refractivity contribution in [1.29, 1.82) is 0 Å². The first-order valence-electron chi connectivity index (χ1n) is 2.95. The fraction of sp³-hybridized carbons (Fsp3) is 0.500. The van der Waals surface area contributed by atoms with Gasteiger partial charge in [-0.15, -0.1) is 12.4 Å². The van der Waals surface area contributed by atoms with Crippen LogP contribution in [-0.2, 0) is 9.53 Å². The summed E-state index contributed by atoms with van der Waals surface area (Å²) < 4.78 is 4.56. The minimum atomic E-state index is -0.519. The van der Waals surface area contributed by atoms with Crippen LogP contribution in [0.5, 0.6) is 0 Å². The third kappa shape index (κ3) is 6.16. The highest BCUT2D eigenvalue weighted by Crippen LogP contribution is 2.02. The first kappa shape index (κ1) is 13.3. The summed E-state index contributed by atoms with van der Waals surface area (Å²) in [5.74, 6) is -0.519. The van der Waals surface area contributed by atoms with Gasteiger partial charge in [0.25, 0.3) is 0 Å². The van der Waals surface area contributed by atoms with Gasteiger partial charge in [0.1, 0.15) is 5.03 Å². The van der Waals surface area contributed by atoms with Crippen molar-refractivity contribution < 1.29 is 9.53 Å². The number of ether oxygens (including phenoxy) is 1. The Labute approximate surface area is 76.9 Å². The number of hydrogen-bond acceptors (Lipinski definition) is 3. The van der Waals surface area contributed by atoms with Crippen LogP contribution in [-0.4, -0.2) is 19.1 Å². The molecule has 5 heteroatoms. The van der Waals surface area contributed by atoms with E-state index in [2.05, 4.69) is 4.74 Å². The first-order chi connectivity index (χ1) is 4.72. The highest BCUT2D eigenvalue weighted by Gasteiger charge is 2.04. The lowest BCUT2D eigenvalue weighted by Gasteiger charge is -1.97. The van der Waals surface area contributed by atoms with Crippen LogP contribution in [0.15, 0.2) is 11.1 Å². The van der Waals surface area contributed by atoms with E-state index in [0.717, 1.165) is 0 Å². The van der Waals surface area contributed by atoms with E-state index >= 15 is 0 Å². The summed E-state index contributed by atoms with van der Waals surface area (Å²) in [5, 5.41) is 0.0457. The Kier molecular flexibility index (Phi) is 9.53. The van der Waals surface area contributed by atoms with Gasteiger partial charge >= 0.3 is 5.97 Å². The number of nitrogens with two attached hydrogens (primary N) is 1. The van der Waals surface area contributed by atoms with E-state index in [1.807, 2.05) is 0 Å². The molecule has 0 atom stereocenters. The molecule has 2 N–H and O–H groups in total. The molecule has 0 saturated carbocycles. The molecule has 11 heavy (non-hydrogen) atoms. The largest absolute Gasteiger partial charge is 0.462 e. The number of hydrogen-bond donors (Lipinski definition) is 1. The van der Waals surface area contributed by atoms with Gasteiger partial charge in [0.15, 0.2) is 0 Å². The SMILES string of the molecule is CCOC(=O)/C(Cl)=C/CN.Cl. The Hall–Kier alpha value is -0.250. The summed E-state index contributed by atoms with van der Waals surface area (Å²) in [6.07, 6.45) is 1.40. The zero-order valence-electron chi connectivity index (χ0n) is 6.17. The Bertz CT molecular complexity index is 148. The minimum absolute atomic E-state index is 0. The van der Waals surface area contributed by atoms with E-state index in [0.29, 0.717) is 6.61 Å². The molecule has 0 aromatic carbocycles. The van der Waals surface area contributed by atoms with Crippen molar-refractivity contribution >= 4 is 30.0 Å². The molecule has 0 aromatic rings. The van der Waals surface area contributed by atoms with Gasteiger partial charge in [-0.1, -0.05) is 11.6 Å². The molecule has 0 spiro atoms. The Balaban J connectivity index is 0. The molecular weight excluding hydrogens is 189 g/mol. The van der Waals surface area contributed by atoms with Crippen LogP contribution in [0.25, 0.3) is 0 Å². The highest BCUT2D eigenvalue weighted by molar-refractivity contribution is 6.41. The number of carbonyl (C=O) groups excluding carboxylic acids is 1. The lowest BCUT2D eigenvalue weighted by Crippen LogP contribution is -2.05. The van der Waals surface area contributed by atoms with Gasteiger partial charge in [0, 0.05) is 6.54 Å². The van der Waals surface area contributed by atoms with Gasteiger partial charge in [-0.25, -0.2) is 4.79 Å². The molecule has 0 bridgehead atoms. The molecule has 0 fully saturated rings. The van der Waals surface area contributed by atoms with E-state index in [4.69, 9.17) is 17.3 Å². The van der Waals surface area contributed by atoms with Crippen molar-refractivity contribution in [2.75, 3.05) is 13.2 Å². The lowest BCUT2D eigenvalue weighted by molar-refractivity contribution is -0.137. The summed E-state index contributed by atoms with van der Waals surface area (Å²) in [6.45, 7) is 2.29. The molecule has 0 aromatic heterocycles. The maximum atomic E-state index is 10.7. The van der Waals surface area contributed by atoms with E-state index in [-0.39, 0.29) is 24.0 Å². The van der Waals surface area contributed by atoms with Gasteiger partial charge in [0.2, 0.25) is 0 Å². The molecule has 0 aliphatic rings. The molecule has 0 heterocycles. The predicted octanol–water partition coefficient (Wildman–Crippen LogP) is 1.05. The molecule has 0 aliphatic carbocycles. The second-order valence-electron chi connectivity index (χ2n) is 1.51. The van der Waals surface area contributed by atoms with Gasteiger partial charge in [-0.3, -0.25) is 0 Å². The maximum Gasteiger partial charge on any atom is 0.349 e. The lowest BCUT2D eigenvalue weighted by atomic mass is 10.5. The molecule has 0 amide bonds. The number of carbonyl (C=O) groups is 1. The van der Waals surface area contributed by atoms with Crippen molar-refractivity contribution in [3.05, 3.63) is 11.1 Å². The number of rotatable bonds is 3. The second-order valence-corrected chi connectivity index (χ2v) is 1.92. The summed E-state index contributed by atoms with van der Waals surface area (Å²) in [7, 11) is 0. The topological polar surface area (TPSA) is 52.3 Å². The van der Waals surface area contributed by atoms with Crippen molar-refractivity contribution in [2.24, 2.45) is 5.73 Å². The average molecular weight is 200 g/mol. The summed E-state index contributed by atoms with van der Waals surface area (Å²) in [4.78, 5) is 10.7. The highest BCUT2D eigenvalue weighted by atomic mass is 35.5. The molecule has 0 unspecified atom stereocenters. The minimum Gasteiger partial charge on any atom is -0.462 e. The zero-order valence-corrected chi connectivity index (χ0v) is 7.74. The predicted molar refractivity (Wildman–Crippen MR) is 46.9 cm³/mol. The number of esters is 1. The second kappa shape index (κ2) is 7.85. The van der Waals surface area contributed by atoms with E-state index < -0.39 is 5.97 Å². The van der Waals surface area contributed by atoms with Crippen LogP contribution in [0.2, 0.25) is 0 Å². The third-order valence-corrected chi connectivity index (χ3v) is 1.08. The van der Waals surface area contributed by atoms with Crippen LogP contribution in [0.3, 0.4) is 0 Å². The Morgan fingerprint density at radius 1 is 1.73 bits per heavy atom. The average Bonchev–Trinajstić information content (AvgIpc) is 1.89. The Morgan fingerprint density at radius 3 is 2.64 bits per heavy atom. The monoisotopic (exact) mass is 199 g/mol. The van der Waals surface area contributed by atoms with Crippen LogP contribution in [0, 0.1) is 0 Å². The van der Waals surface area contributed by atoms with Crippen LogP contribution in [0.4, 0.5) is 0 Å². The number of halogens is 2. The van der Waals surface area contributed by atoms with Gasteiger partial charge < -0.3 is 10.5 Å². The van der Waals surface area contributed by atoms with Crippen LogP contribution >= 0.6 is 24.0 Å². The van der Waals surface area contributed by atoms with Crippen LogP contribution in [0.1, 0.15) is 6.92 Å². The third-order valence-electron chi connectivity index (χ3n) is 0.767. The van der Waals surface area contributed by atoms with Gasteiger partial charge in [-0.2, -0.15) is 0 Å². The summed E-state index contributed by atoms with van der Waals surface area (Å²) >= 11 is 5.42. The van der Waals surface area contributed by atoms with Gasteiger partial charge in [-0.05, 0) is 13.0 Å². The molecule has 0 radical (unpaired) electrons. The Morgan fingerprint density at radius 2 is 2.27 bits per heavy atom. The first-order valence-corrected chi connectivity index (χ1v) is 3.33. The molecule has 3 nitrogen and oxygen atoms in total. The standard InChI is InChI=1S/C6H10ClNO2.ClH/c1-2-10-6(9)5(7)3-4-8;/h3H,2,4,8H2,1H3;1H/b5-3-;. The van der Waals surface area contributed by atoms with Crippen molar-refractivity contribution in [3.8, 4) is 0 Å². The van der Waals surface area contributed by atoms with Gasteiger partial charge in [0.05, 0.1) is 6.61 Å². The molecular formula is C6H11Cl2NO2. The van der Waals surface area contributed by atoms with E-state index in [9.17, 15) is 4.79 Å². The molecule has 66 valence electrons. The van der Waals surface area contributed by atoms with E-state index in [1.165, 1.54) is 6.08 Å². The van der Waals surface area contributed by atoms with E-state index in [1.54, 1.807) is 6.92 Å². The zero-order chi connectivity index (χ0) is 7.98. The molecule has 0 rings (SSSR count). The van der Waals surface area contributed by atoms with Crippen molar-refractivity contribution in [1.82, 2.24) is 0 Å². The quantitative estimate of drug-likeness (QED) is 0.547. The summed E-state index contributed by atoms with van der Waals surface area (Å²) in [5.41, 5.74) is 5.09. The van der Waals surface area contributed by atoms with Crippen LogP contribution < -0.4 is 5.73 Å². The normalized spacial score (nSPS) is 10.3. The maximum absolute atomic E-state index is 10.7. The van der Waals surface area contributed by atoms with Crippen molar-refractivity contribution in [2.45, 2.75) is 6.92 Å². The fourth-order valence-electron chi connectivity index (χ4n) is 0.387. The fourth-order valence-corrected chi connectivity index (χ4v) is 0.530.